The molecule has 8 heteroatoms. The largest absolute Gasteiger partial charge is 0.465 e. The first kappa shape index (κ1) is 20.4. The molecule has 2 amide bonds. The molecule has 1 heterocycles. The zero-order valence-electron chi connectivity index (χ0n) is 14.8. The van der Waals surface area contributed by atoms with Crippen LogP contribution in [0.3, 0.4) is 0 Å². The minimum atomic E-state index is -0.487. The molecule has 0 saturated carbocycles. The third-order valence-corrected chi connectivity index (χ3v) is 5.49. The molecular formula is C18H22N2O4S2. The van der Waals surface area contributed by atoms with Crippen LogP contribution in [0.5, 0.6) is 0 Å². The number of anilines is 1. The molecular weight excluding hydrogens is 372 g/mol. The Balaban J connectivity index is 1.72. The lowest BCUT2D eigenvalue weighted by molar-refractivity contribution is -0.125. The molecule has 0 spiro atoms. The number of ether oxygens (including phenoxy) is 1. The van der Waals surface area contributed by atoms with Crippen LogP contribution in [-0.4, -0.2) is 45.9 Å². The number of rotatable bonds is 8. The monoisotopic (exact) mass is 394 g/mol. The van der Waals surface area contributed by atoms with E-state index < -0.39 is 5.97 Å². The Hall–Kier alpha value is -1.93. The fraction of sp³-hybridized carbons (Fsp3) is 0.444. The number of hydrogen-bond acceptors (Lipinski definition) is 6. The van der Waals surface area contributed by atoms with E-state index in [1.54, 1.807) is 29.2 Å². The summed E-state index contributed by atoms with van der Waals surface area (Å²) in [6.45, 7) is 2.46. The molecule has 1 aromatic carbocycles. The fourth-order valence-corrected chi connectivity index (χ4v) is 4.05. The number of unbranched alkanes of at least 4 members (excludes halogenated alkanes) is 2. The molecule has 26 heavy (non-hydrogen) atoms. The number of methoxy groups -OCH3 is 1. The first-order chi connectivity index (χ1) is 12.4. The Bertz CT molecular complexity index is 708. The number of para-hydroxylation sites is 1. The van der Waals surface area contributed by atoms with E-state index in [2.05, 4.69) is 5.32 Å². The molecule has 1 N–H and O–H groups in total. The number of thioether (sulfide) groups is 1. The van der Waals surface area contributed by atoms with Gasteiger partial charge in [-0.1, -0.05) is 42.5 Å². The van der Waals surface area contributed by atoms with Crippen molar-refractivity contribution in [2.75, 3.05) is 19.0 Å². The van der Waals surface area contributed by atoms with Crippen LogP contribution in [0.2, 0.25) is 0 Å². The van der Waals surface area contributed by atoms with Gasteiger partial charge in [0.25, 0.3) is 0 Å². The van der Waals surface area contributed by atoms with Gasteiger partial charge in [0, 0.05) is 13.0 Å². The van der Waals surface area contributed by atoms with E-state index in [0.29, 0.717) is 35.0 Å². The van der Waals surface area contributed by atoms with Gasteiger partial charge in [-0.25, -0.2) is 4.79 Å². The number of esters is 1. The number of hydrogen-bond donors (Lipinski definition) is 1. The average Bonchev–Trinajstić information content (AvgIpc) is 2.87. The number of nitrogens with zero attached hydrogens (tertiary/aromatic N) is 1. The highest BCUT2D eigenvalue weighted by molar-refractivity contribution is 8.24. The average molecular weight is 395 g/mol. The van der Waals surface area contributed by atoms with Gasteiger partial charge >= 0.3 is 5.97 Å². The third kappa shape index (κ3) is 5.28. The van der Waals surface area contributed by atoms with Crippen LogP contribution in [0.25, 0.3) is 0 Å². The van der Waals surface area contributed by atoms with E-state index in [-0.39, 0.29) is 17.1 Å². The predicted octanol–water partition coefficient (Wildman–Crippen LogP) is 3.22. The van der Waals surface area contributed by atoms with Crippen LogP contribution in [0.1, 0.15) is 43.0 Å². The number of amides is 2. The molecule has 0 aromatic heterocycles. The summed E-state index contributed by atoms with van der Waals surface area (Å²) in [4.78, 5) is 37.4. The first-order valence-corrected chi connectivity index (χ1v) is 9.72. The Kier molecular flexibility index (Phi) is 7.59. The van der Waals surface area contributed by atoms with Crippen molar-refractivity contribution < 1.29 is 19.1 Å². The van der Waals surface area contributed by atoms with Crippen molar-refractivity contribution in [1.29, 1.82) is 0 Å². The lowest BCUT2D eigenvalue weighted by Gasteiger charge is -2.14. The van der Waals surface area contributed by atoms with Crippen molar-refractivity contribution in [1.82, 2.24) is 4.90 Å². The lowest BCUT2D eigenvalue weighted by atomic mass is 10.1. The van der Waals surface area contributed by atoms with E-state index in [9.17, 15) is 14.4 Å². The Morgan fingerprint density at radius 2 is 2.00 bits per heavy atom. The molecule has 1 fully saturated rings. The zero-order valence-corrected chi connectivity index (χ0v) is 16.5. The van der Waals surface area contributed by atoms with Gasteiger partial charge in [-0.2, -0.15) is 0 Å². The van der Waals surface area contributed by atoms with Gasteiger partial charge in [-0.05, 0) is 31.9 Å². The number of benzene rings is 1. The summed E-state index contributed by atoms with van der Waals surface area (Å²) < 4.78 is 5.35. The van der Waals surface area contributed by atoms with E-state index in [1.807, 2.05) is 6.92 Å². The Labute approximate surface area is 162 Å². The summed E-state index contributed by atoms with van der Waals surface area (Å²) >= 11 is 6.61. The summed E-state index contributed by atoms with van der Waals surface area (Å²) in [7, 11) is 1.30. The molecule has 1 aliphatic rings. The van der Waals surface area contributed by atoms with Crippen molar-refractivity contribution in [3.05, 3.63) is 29.8 Å². The number of thiocarbonyl (C=S) groups is 1. The van der Waals surface area contributed by atoms with Gasteiger partial charge in [-0.15, -0.1) is 0 Å². The SMILES string of the molecule is COC(=O)c1ccccc1NC(=O)CCCCCN1C(=O)C(C)SC1=S. The van der Waals surface area contributed by atoms with E-state index in [4.69, 9.17) is 17.0 Å². The smallest absolute Gasteiger partial charge is 0.339 e. The van der Waals surface area contributed by atoms with Crippen LogP contribution in [-0.2, 0) is 14.3 Å². The van der Waals surface area contributed by atoms with E-state index in [1.165, 1.54) is 18.9 Å². The maximum Gasteiger partial charge on any atom is 0.339 e. The molecule has 0 radical (unpaired) electrons. The van der Waals surface area contributed by atoms with Gasteiger partial charge in [0.2, 0.25) is 11.8 Å². The van der Waals surface area contributed by atoms with Gasteiger partial charge in [-0.3, -0.25) is 14.5 Å². The van der Waals surface area contributed by atoms with Crippen LogP contribution in [0, 0.1) is 0 Å². The maximum absolute atomic E-state index is 12.1. The lowest BCUT2D eigenvalue weighted by Crippen LogP contribution is -2.31. The third-order valence-electron chi connectivity index (χ3n) is 4.00. The zero-order chi connectivity index (χ0) is 19.1. The molecule has 2 rings (SSSR count). The van der Waals surface area contributed by atoms with Crippen molar-refractivity contribution in [3.63, 3.8) is 0 Å². The molecule has 140 valence electrons. The van der Waals surface area contributed by atoms with Crippen LogP contribution in [0.4, 0.5) is 5.69 Å². The highest BCUT2D eigenvalue weighted by Gasteiger charge is 2.32. The molecule has 1 saturated heterocycles. The standard InChI is InChI=1S/C18H22N2O4S2/c1-12-16(22)20(18(25)26-12)11-7-3-4-10-15(21)19-14-9-6-5-8-13(14)17(23)24-2/h5-6,8-9,12H,3-4,7,10-11H2,1-2H3,(H,19,21). The van der Waals surface area contributed by atoms with Gasteiger partial charge in [0.05, 0.1) is 23.6 Å². The highest BCUT2D eigenvalue weighted by Crippen LogP contribution is 2.27. The Morgan fingerprint density at radius 3 is 2.65 bits per heavy atom. The minimum Gasteiger partial charge on any atom is -0.465 e. The van der Waals surface area contributed by atoms with Gasteiger partial charge < -0.3 is 10.1 Å². The van der Waals surface area contributed by atoms with Crippen LogP contribution < -0.4 is 5.32 Å². The summed E-state index contributed by atoms with van der Waals surface area (Å²) in [6.07, 6.45) is 2.66. The molecule has 1 unspecified atom stereocenters. The van der Waals surface area contributed by atoms with Gasteiger partial charge in [0.15, 0.2) is 0 Å². The molecule has 0 bridgehead atoms. The Morgan fingerprint density at radius 1 is 1.27 bits per heavy atom. The number of carbonyl (C=O) groups excluding carboxylic acids is 3. The summed E-state index contributed by atoms with van der Waals surface area (Å²) in [6, 6.07) is 6.74. The molecule has 1 aromatic rings. The topological polar surface area (TPSA) is 75.7 Å². The maximum atomic E-state index is 12.1. The quantitative estimate of drug-likeness (QED) is 0.414. The number of nitrogens with one attached hydrogen (secondary N) is 1. The minimum absolute atomic E-state index is 0.0668. The second-order valence-corrected chi connectivity index (χ2v) is 7.89. The van der Waals surface area contributed by atoms with Gasteiger partial charge in [0.1, 0.15) is 4.32 Å². The first-order valence-electron chi connectivity index (χ1n) is 8.43. The summed E-state index contributed by atoms with van der Waals surface area (Å²) in [5, 5.41) is 2.65. The summed E-state index contributed by atoms with van der Waals surface area (Å²) in [5.74, 6) is -0.574. The second kappa shape index (κ2) is 9.68. The van der Waals surface area contributed by atoms with E-state index in [0.717, 1.165) is 12.8 Å². The van der Waals surface area contributed by atoms with Crippen molar-refractivity contribution in [2.45, 2.75) is 37.9 Å². The van der Waals surface area contributed by atoms with Crippen molar-refractivity contribution in [3.8, 4) is 0 Å². The normalized spacial score (nSPS) is 16.7. The number of carbonyl (C=O) groups is 3. The molecule has 6 nitrogen and oxygen atoms in total. The van der Waals surface area contributed by atoms with E-state index >= 15 is 0 Å². The van der Waals surface area contributed by atoms with Crippen LogP contribution in [0.15, 0.2) is 24.3 Å². The predicted molar refractivity (Wildman–Crippen MR) is 106 cm³/mol. The second-order valence-electron chi connectivity index (χ2n) is 5.91. The molecule has 1 atom stereocenters. The van der Waals surface area contributed by atoms with Crippen molar-refractivity contribution >= 4 is 51.8 Å². The summed E-state index contributed by atoms with van der Waals surface area (Å²) in [5.41, 5.74) is 0.777. The fourth-order valence-electron chi connectivity index (χ4n) is 2.60. The van der Waals surface area contributed by atoms with Crippen LogP contribution >= 0.6 is 24.0 Å². The highest BCUT2D eigenvalue weighted by atomic mass is 32.2. The molecule has 0 aliphatic carbocycles. The molecule has 1 aliphatic heterocycles. The van der Waals surface area contributed by atoms with Crippen molar-refractivity contribution in [2.24, 2.45) is 0 Å².